The quantitative estimate of drug-likeness (QED) is 0.0773. The third-order valence-electron chi connectivity index (χ3n) is 8.42. The van der Waals surface area contributed by atoms with E-state index in [1.807, 2.05) is 24.3 Å². The summed E-state index contributed by atoms with van der Waals surface area (Å²) in [5.41, 5.74) is 4.02. The summed E-state index contributed by atoms with van der Waals surface area (Å²) in [4.78, 5) is 0. The van der Waals surface area contributed by atoms with E-state index >= 15 is 0 Å². The van der Waals surface area contributed by atoms with Gasteiger partial charge in [0.1, 0.15) is 47.1 Å². The summed E-state index contributed by atoms with van der Waals surface area (Å²) in [5, 5.41) is 4.13. The fraction of sp³-hybridized carbons (Fsp3) is 0.143. The van der Waals surface area contributed by atoms with Gasteiger partial charge in [0.05, 0.1) is 12.8 Å². The minimum absolute atomic E-state index is 0. The van der Waals surface area contributed by atoms with Gasteiger partial charge in [-0.3, -0.25) is 0 Å². The van der Waals surface area contributed by atoms with Gasteiger partial charge in [0.15, 0.2) is 0 Å². The average Bonchev–Trinajstić information content (AvgIpc) is 3.13. The van der Waals surface area contributed by atoms with Crippen LogP contribution in [0.15, 0.2) is 158 Å². The summed E-state index contributed by atoms with van der Waals surface area (Å²) in [6.07, 6.45) is 2.67. The Morgan fingerprint density at radius 2 is 1.09 bits per heavy atom. The zero-order chi connectivity index (χ0) is 31.6. The van der Waals surface area contributed by atoms with E-state index in [4.69, 9.17) is 9.47 Å². The highest BCUT2D eigenvalue weighted by Crippen LogP contribution is 2.55. The molecule has 0 aliphatic heterocycles. The number of rotatable bonds is 13. The van der Waals surface area contributed by atoms with Crippen molar-refractivity contribution in [1.82, 2.24) is 0 Å². The van der Waals surface area contributed by atoms with E-state index in [-0.39, 0.29) is 29.8 Å². The van der Waals surface area contributed by atoms with Gasteiger partial charge < -0.3 is 33.5 Å². The molecule has 0 aromatic heterocycles. The van der Waals surface area contributed by atoms with Gasteiger partial charge in [-0.1, -0.05) is 104 Å². The molecule has 2 nitrogen and oxygen atoms in total. The first kappa shape index (κ1) is 34.3. The van der Waals surface area contributed by atoms with Crippen LogP contribution < -0.4 is 49.4 Å². The lowest BCUT2D eigenvalue weighted by molar-refractivity contribution is -0.0000104. The molecule has 0 aliphatic carbocycles. The van der Waals surface area contributed by atoms with Crippen molar-refractivity contribution >= 4 is 23.2 Å². The summed E-state index contributed by atoms with van der Waals surface area (Å²) in [6, 6.07) is 53.8. The lowest BCUT2D eigenvalue weighted by Gasteiger charge is -2.27. The first-order valence-corrected chi connectivity index (χ1v) is 17.9. The molecule has 0 unspecified atom stereocenters. The van der Waals surface area contributed by atoms with Crippen molar-refractivity contribution in [3.8, 4) is 22.6 Å². The van der Waals surface area contributed by atoms with Crippen molar-refractivity contribution < 1.29 is 37.8 Å². The van der Waals surface area contributed by atoms with Crippen LogP contribution in [0.5, 0.6) is 11.5 Å². The van der Waals surface area contributed by atoms with Gasteiger partial charge in [0.25, 0.3) is 0 Å². The zero-order valence-corrected chi connectivity index (χ0v) is 29.6. The molecule has 0 fully saturated rings. The molecule has 0 saturated heterocycles. The summed E-state index contributed by atoms with van der Waals surface area (Å²) in [6.45, 7) is 3.14. The standard InChI is InChI=1S/C42H39FO2P.HI/c1-2-34-30-40(35-24-26-36(43)27-25-35)42(45-32-33-16-7-3-8-17-33)31-41(34)44-28-15-29-46(37-18-9-4-10-19-37,38-20-11-5-12-21-38)39-22-13-6-14-23-39;/h3-14,16-27,30-31H,2,15,28-29,32H2,1H3;1H/q+1;/p-1. The van der Waals surface area contributed by atoms with Crippen LogP contribution in [0.4, 0.5) is 4.39 Å². The molecule has 5 heteroatoms. The van der Waals surface area contributed by atoms with Gasteiger partial charge in [0.2, 0.25) is 0 Å². The molecule has 0 heterocycles. The molecular weight excluding hydrogens is 713 g/mol. The SMILES string of the molecule is CCc1cc(-c2ccc(F)cc2)c(OCc2ccccc2)cc1OCCC[P+](c1ccccc1)(c1ccccc1)c1ccccc1.[I-]. The van der Waals surface area contributed by atoms with Crippen LogP contribution in [0.25, 0.3) is 11.1 Å². The smallest absolute Gasteiger partial charge is 0.131 e. The van der Waals surface area contributed by atoms with Crippen LogP contribution in [-0.4, -0.2) is 12.8 Å². The Kier molecular flexibility index (Phi) is 12.2. The van der Waals surface area contributed by atoms with E-state index in [2.05, 4.69) is 116 Å². The normalized spacial score (nSPS) is 11.0. The molecule has 6 rings (SSSR count). The second-order valence-electron chi connectivity index (χ2n) is 11.3. The highest BCUT2D eigenvalue weighted by atomic mass is 127. The van der Waals surface area contributed by atoms with Gasteiger partial charge in [-0.05, 0) is 77.7 Å². The maximum atomic E-state index is 13.8. The molecule has 0 radical (unpaired) electrons. The third-order valence-corrected chi connectivity index (χ3v) is 12.9. The topological polar surface area (TPSA) is 18.5 Å². The van der Waals surface area contributed by atoms with Gasteiger partial charge in [0, 0.05) is 18.1 Å². The Balaban J connectivity index is 0.00000433. The highest BCUT2D eigenvalue weighted by Gasteiger charge is 2.44. The first-order valence-electron chi connectivity index (χ1n) is 15.9. The van der Waals surface area contributed by atoms with E-state index in [1.54, 1.807) is 12.1 Å². The fourth-order valence-corrected chi connectivity index (χ4v) is 10.4. The summed E-state index contributed by atoms with van der Waals surface area (Å²) < 4.78 is 26.8. The molecule has 0 atom stereocenters. The van der Waals surface area contributed by atoms with Crippen molar-refractivity contribution in [2.45, 2.75) is 26.4 Å². The summed E-state index contributed by atoms with van der Waals surface area (Å²) in [7, 11) is -1.93. The Morgan fingerprint density at radius 1 is 0.574 bits per heavy atom. The summed E-state index contributed by atoms with van der Waals surface area (Å²) >= 11 is 0. The first-order chi connectivity index (χ1) is 22.7. The van der Waals surface area contributed by atoms with Gasteiger partial charge >= 0.3 is 0 Å². The van der Waals surface area contributed by atoms with Crippen molar-refractivity contribution in [3.05, 3.63) is 175 Å². The average molecular weight is 753 g/mol. The maximum Gasteiger partial charge on any atom is 0.131 e. The number of hydrogen-bond acceptors (Lipinski definition) is 2. The second kappa shape index (κ2) is 16.7. The van der Waals surface area contributed by atoms with Crippen LogP contribution in [0, 0.1) is 5.82 Å². The van der Waals surface area contributed by atoms with E-state index in [1.165, 1.54) is 28.0 Å². The predicted molar refractivity (Wildman–Crippen MR) is 192 cm³/mol. The lowest BCUT2D eigenvalue weighted by Crippen LogP contribution is -3.00. The number of benzene rings is 6. The molecule has 6 aromatic rings. The second-order valence-corrected chi connectivity index (χ2v) is 14.9. The molecule has 0 spiro atoms. The van der Waals surface area contributed by atoms with Crippen molar-refractivity contribution in [3.63, 3.8) is 0 Å². The van der Waals surface area contributed by atoms with Crippen LogP contribution in [0.3, 0.4) is 0 Å². The molecule has 0 N–H and O–H groups in total. The van der Waals surface area contributed by atoms with E-state index in [0.29, 0.717) is 13.2 Å². The molecule has 238 valence electrons. The molecule has 0 amide bonds. The highest BCUT2D eigenvalue weighted by molar-refractivity contribution is 7.95. The predicted octanol–water partition coefficient (Wildman–Crippen LogP) is 6.40. The van der Waals surface area contributed by atoms with Crippen LogP contribution in [-0.2, 0) is 13.0 Å². The Labute approximate surface area is 296 Å². The van der Waals surface area contributed by atoms with Crippen LogP contribution in [0.2, 0.25) is 0 Å². The number of hydrogen-bond donors (Lipinski definition) is 0. The van der Waals surface area contributed by atoms with Gasteiger partial charge in [-0.2, -0.15) is 0 Å². The van der Waals surface area contributed by atoms with Crippen molar-refractivity contribution in [2.75, 3.05) is 12.8 Å². The molecule has 0 aliphatic rings. The minimum Gasteiger partial charge on any atom is -1.00 e. The van der Waals surface area contributed by atoms with Crippen LogP contribution in [0.1, 0.15) is 24.5 Å². The minimum atomic E-state index is -1.93. The zero-order valence-electron chi connectivity index (χ0n) is 26.6. The molecule has 47 heavy (non-hydrogen) atoms. The Hall–Kier alpha value is -3.99. The Morgan fingerprint density at radius 3 is 1.60 bits per heavy atom. The maximum absolute atomic E-state index is 13.8. The Bertz CT molecular complexity index is 1720. The fourth-order valence-electron chi connectivity index (χ4n) is 6.09. The number of aryl methyl sites for hydroxylation is 1. The molecule has 0 bridgehead atoms. The van der Waals surface area contributed by atoms with Crippen molar-refractivity contribution in [2.24, 2.45) is 0 Å². The van der Waals surface area contributed by atoms with Crippen molar-refractivity contribution in [1.29, 1.82) is 0 Å². The number of halogens is 2. The molecule has 6 aromatic carbocycles. The molecular formula is C42H39FIO2P. The molecule has 0 saturated carbocycles. The summed E-state index contributed by atoms with van der Waals surface area (Å²) in [5.74, 6) is 1.30. The largest absolute Gasteiger partial charge is 1.00 e. The number of ether oxygens (including phenoxy) is 2. The van der Waals surface area contributed by atoms with E-state index in [9.17, 15) is 4.39 Å². The lowest BCUT2D eigenvalue weighted by atomic mass is 10.00. The van der Waals surface area contributed by atoms with Gasteiger partial charge in [-0.25, -0.2) is 4.39 Å². The monoisotopic (exact) mass is 752 g/mol. The third kappa shape index (κ3) is 8.12. The van der Waals surface area contributed by atoms with E-state index in [0.717, 1.165) is 52.8 Å². The van der Waals surface area contributed by atoms with Crippen LogP contribution >= 0.6 is 7.26 Å². The van der Waals surface area contributed by atoms with Gasteiger partial charge in [-0.15, -0.1) is 0 Å². The van der Waals surface area contributed by atoms with E-state index < -0.39 is 7.26 Å².